The molecule has 0 saturated carbocycles. The average Bonchev–Trinajstić information content (AvgIpc) is 3.56. The van der Waals surface area contributed by atoms with E-state index in [-0.39, 0.29) is 18.7 Å². The van der Waals surface area contributed by atoms with Crippen molar-refractivity contribution in [3.63, 3.8) is 0 Å². The number of fused-ring (bicyclic) bond motifs is 3. The van der Waals surface area contributed by atoms with Crippen molar-refractivity contribution in [2.75, 3.05) is 32.8 Å². The van der Waals surface area contributed by atoms with Gasteiger partial charge in [0.2, 0.25) is 0 Å². The second-order valence-electron chi connectivity index (χ2n) is 14.6. The van der Waals surface area contributed by atoms with Gasteiger partial charge in [0.05, 0.1) is 0 Å². The fraction of sp³-hybridized carbons (Fsp3) is 0.526. The van der Waals surface area contributed by atoms with E-state index in [1.165, 1.54) is 9.80 Å². The van der Waals surface area contributed by atoms with E-state index in [2.05, 4.69) is 0 Å². The molecule has 276 valence electrons. The quantitative estimate of drug-likeness (QED) is 0.142. The number of esters is 2. The maximum atomic E-state index is 13.0. The molecular weight excluding hydrogens is 660 g/mol. The van der Waals surface area contributed by atoms with E-state index >= 15 is 0 Å². The molecule has 0 radical (unpaired) electrons. The van der Waals surface area contributed by atoms with E-state index in [0.29, 0.717) is 49.2 Å². The molecular formula is C38H48N2O11. The van der Waals surface area contributed by atoms with Gasteiger partial charge in [-0.25, -0.2) is 14.4 Å². The smallest absolute Gasteiger partial charge is 0.411 e. The molecule has 0 aromatic heterocycles. The molecule has 13 nitrogen and oxygen atoms in total. The number of hydrogen-bond acceptors (Lipinski definition) is 11. The summed E-state index contributed by atoms with van der Waals surface area (Å²) in [6.07, 6.45) is 1.31. The molecule has 0 bridgehead atoms. The van der Waals surface area contributed by atoms with Crippen molar-refractivity contribution in [2.24, 2.45) is 0 Å². The molecule has 2 aromatic rings. The number of ether oxygens (including phenoxy) is 5. The highest BCUT2D eigenvalue weighted by Gasteiger charge is 2.38. The second kappa shape index (κ2) is 16.4. The summed E-state index contributed by atoms with van der Waals surface area (Å²) < 4.78 is 27.3. The third kappa shape index (κ3) is 10.8. The maximum absolute atomic E-state index is 13.0. The van der Waals surface area contributed by atoms with Crippen LogP contribution >= 0.6 is 0 Å². The number of nitrogens with zero attached hydrogens (tertiary/aromatic N) is 2. The summed E-state index contributed by atoms with van der Waals surface area (Å²) >= 11 is 0. The Morgan fingerprint density at radius 2 is 1.47 bits per heavy atom. The van der Waals surface area contributed by atoms with Crippen molar-refractivity contribution in [3.8, 4) is 16.9 Å². The fourth-order valence-electron chi connectivity index (χ4n) is 5.55. The highest BCUT2D eigenvalue weighted by atomic mass is 16.6. The molecule has 2 aliphatic heterocycles. The number of carbonyl (C=O) groups is 6. The molecule has 2 aliphatic rings. The molecule has 0 aliphatic carbocycles. The van der Waals surface area contributed by atoms with Gasteiger partial charge in [0.1, 0.15) is 36.1 Å². The fourth-order valence-corrected chi connectivity index (χ4v) is 5.55. The lowest BCUT2D eigenvalue weighted by atomic mass is 9.93. The molecule has 2 aromatic carbocycles. The van der Waals surface area contributed by atoms with Crippen LogP contribution < -0.4 is 4.74 Å². The molecule has 0 N–H and O–H groups in total. The van der Waals surface area contributed by atoms with E-state index in [1.54, 1.807) is 77.9 Å². The van der Waals surface area contributed by atoms with Crippen LogP contribution in [0.5, 0.6) is 5.75 Å². The summed E-state index contributed by atoms with van der Waals surface area (Å²) in [4.78, 5) is 79.0. The number of unbranched alkanes of at least 4 members (excludes halogenated alkanes) is 1. The van der Waals surface area contributed by atoms with Gasteiger partial charge >= 0.3 is 24.1 Å². The first kappa shape index (κ1) is 38.9. The first-order chi connectivity index (χ1) is 24.0. The topological polar surface area (TPSA) is 155 Å². The number of rotatable bonds is 12. The predicted molar refractivity (Wildman–Crippen MR) is 185 cm³/mol. The Balaban J connectivity index is 1.33. The van der Waals surface area contributed by atoms with Gasteiger partial charge in [-0.2, -0.15) is 0 Å². The highest BCUT2D eigenvalue weighted by molar-refractivity contribution is 6.00. The van der Waals surface area contributed by atoms with E-state index in [4.69, 9.17) is 23.7 Å². The lowest BCUT2D eigenvalue weighted by molar-refractivity contribution is -0.147. The van der Waals surface area contributed by atoms with Gasteiger partial charge in [-0.15, -0.1) is 0 Å². The van der Waals surface area contributed by atoms with Crippen molar-refractivity contribution < 1.29 is 52.5 Å². The van der Waals surface area contributed by atoms with Crippen LogP contribution in [0.4, 0.5) is 9.59 Å². The van der Waals surface area contributed by atoms with E-state index < -0.39 is 66.1 Å². The number of hydrogen-bond donors (Lipinski definition) is 0. The first-order valence-electron chi connectivity index (χ1n) is 17.2. The molecule has 1 saturated heterocycles. The molecule has 4 rings (SSSR count). The van der Waals surface area contributed by atoms with Crippen molar-refractivity contribution in [3.05, 3.63) is 53.1 Å². The first-order valence-corrected chi connectivity index (χ1v) is 17.2. The SMILES string of the molecule is CCCCN(CC(=O)OCC(=O)c1ccc2c(c1)COc1cc(C(=O)COC(=O)C3CCCN3C(=O)OC(C)(C)C)ccc1-2)C(=O)OC(C)(C)C. The summed E-state index contributed by atoms with van der Waals surface area (Å²) in [5, 5.41) is 0. The number of likely N-dealkylation sites (tertiary alicyclic amines) is 1. The van der Waals surface area contributed by atoms with Crippen LogP contribution in [0.2, 0.25) is 0 Å². The van der Waals surface area contributed by atoms with Crippen molar-refractivity contribution >= 4 is 35.7 Å². The summed E-state index contributed by atoms with van der Waals surface area (Å²) in [5.74, 6) is -1.78. The molecule has 2 heterocycles. The monoisotopic (exact) mass is 708 g/mol. The minimum absolute atomic E-state index is 0.125. The molecule has 2 amide bonds. The van der Waals surface area contributed by atoms with Gasteiger partial charge in [0.25, 0.3) is 0 Å². The Hall–Kier alpha value is -4.94. The highest BCUT2D eigenvalue weighted by Crippen LogP contribution is 2.38. The Morgan fingerprint density at radius 1 is 0.843 bits per heavy atom. The third-order valence-corrected chi connectivity index (χ3v) is 8.02. The predicted octanol–water partition coefficient (Wildman–Crippen LogP) is 6.13. The second-order valence-corrected chi connectivity index (χ2v) is 14.6. The van der Waals surface area contributed by atoms with Gasteiger partial charge in [0.15, 0.2) is 24.8 Å². The average molecular weight is 709 g/mol. The molecule has 1 unspecified atom stereocenters. The zero-order valence-electron chi connectivity index (χ0n) is 30.5. The van der Waals surface area contributed by atoms with Crippen LogP contribution in [0.3, 0.4) is 0 Å². The van der Waals surface area contributed by atoms with Crippen LogP contribution in [0.1, 0.15) is 100 Å². The lowest BCUT2D eigenvalue weighted by Gasteiger charge is -2.27. The third-order valence-electron chi connectivity index (χ3n) is 8.02. The maximum Gasteiger partial charge on any atom is 0.411 e. The minimum Gasteiger partial charge on any atom is -0.488 e. The lowest BCUT2D eigenvalue weighted by Crippen LogP contribution is -2.44. The number of benzene rings is 2. The van der Waals surface area contributed by atoms with Crippen molar-refractivity contribution in [1.29, 1.82) is 0 Å². The van der Waals surface area contributed by atoms with Crippen LogP contribution in [0.15, 0.2) is 36.4 Å². The van der Waals surface area contributed by atoms with E-state index in [1.807, 2.05) is 6.92 Å². The zero-order valence-corrected chi connectivity index (χ0v) is 30.5. The summed E-state index contributed by atoms with van der Waals surface area (Å²) in [6.45, 7) is 11.9. The van der Waals surface area contributed by atoms with Crippen molar-refractivity contribution in [1.82, 2.24) is 9.80 Å². The Morgan fingerprint density at radius 3 is 2.12 bits per heavy atom. The Labute approximate surface area is 298 Å². The Bertz CT molecular complexity index is 1650. The standard InChI is InChI=1S/C38H48N2O11/c1-8-9-16-39(35(45)50-37(2,3)4)20-33(43)48-22-30(41)24-12-14-27-26(18-24)21-47-32-19-25(13-15-28(27)32)31(42)23-49-34(44)29-11-10-17-40(29)36(46)51-38(5,6)7/h12-15,18-19,29H,8-11,16-17,20-23H2,1-7H3. The van der Waals surface area contributed by atoms with Gasteiger partial charge in [-0.1, -0.05) is 31.5 Å². The number of amides is 2. The molecule has 51 heavy (non-hydrogen) atoms. The van der Waals surface area contributed by atoms with E-state index in [0.717, 1.165) is 17.5 Å². The molecule has 0 spiro atoms. The normalized spacial score (nSPS) is 15.1. The van der Waals surface area contributed by atoms with Gasteiger partial charge in [-0.3, -0.25) is 24.2 Å². The zero-order chi connectivity index (χ0) is 37.5. The number of carbonyl (C=O) groups excluding carboxylic acids is 6. The Kier molecular flexibility index (Phi) is 12.5. The van der Waals surface area contributed by atoms with Crippen LogP contribution in [-0.2, 0) is 35.1 Å². The molecule has 1 atom stereocenters. The number of Topliss-reactive ketones (excluding diaryl/α,β-unsaturated/α-hetero) is 2. The number of ketones is 2. The van der Waals surface area contributed by atoms with Gasteiger partial charge in [-0.05, 0) is 90.1 Å². The van der Waals surface area contributed by atoms with Gasteiger partial charge < -0.3 is 23.7 Å². The largest absolute Gasteiger partial charge is 0.488 e. The van der Waals surface area contributed by atoms with Crippen LogP contribution in [0.25, 0.3) is 11.1 Å². The molecule has 13 heteroatoms. The van der Waals surface area contributed by atoms with Crippen molar-refractivity contribution in [2.45, 2.75) is 98.0 Å². The summed E-state index contributed by atoms with van der Waals surface area (Å²) in [7, 11) is 0. The van der Waals surface area contributed by atoms with E-state index in [9.17, 15) is 28.8 Å². The minimum atomic E-state index is -0.815. The summed E-state index contributed by atoms with van der Waals surface area (Å²) in [5.41, 5.74) is 1.43. The van der Waals surface area contributed by atoms with Gasteiger partial charge in [0, 0.05) is 29.8 Å². The van der Waals surface area contributed by atoms with Crippen LogP contribution in [0, 0.1) is 0 Å². The summed E-state index contributed by atoms with van der Waals surface area (Å²) in [6, 6.07) is 9.16. The molecule has 1 fully saturated rings. The van der Waals surface area contributed by atoms with Crippen LogP contribution in [-0.4, -0.2) is 95.6 Å².